The number of hydrogen-bond acceptors (Lipinski definition) is 6. The molecule has 0 unspecified atom stereocenters. The van der Waals surface area contributed by atoms with Crippen molar-refractivity contribution < 1.29 is 29.0 Å². The van der Waals surface area contributed by atoms with Gasteiger partial charge >= 0.3 is 11.9 Å². The lowest BCUT2D eigenvalue weighted by molar-refractivity contribution is -0.156. The van der Waals surface area contributed by atoms with Crippen LogP contribution < -0.4 is 0 Å². The first-order valence-corrected chi connectivity index (χ1v) is 8.39. The third-order valence-corrected chi connectivity index (χ3v) is 2.33. The molecule has 0 aromatic heterocycles. The lowest BCUT2D eigenvalue weighted by Crippen LogP contribution is -2.23. The van der Waals surface area contributed by atoms with Crippen molar-refractivity contribution in [3.8, 4) is 0 Å². The summed E-state index contributed by atoms with van der Waals surface area (Å²) in [4.78, 5) is 31.9. The Balaban J connectivity index is 0. The summed E-state index contributed by atoms with van der Waals surface area (Å²) in [5.41, 5.74) is -0.811. The van der Waals surface area contributed by atoms with Crippen LogP contribution in [0.1, 0.15) is 80.1 Å². The number of rotatable bonds is 8. The monoisotopic (exact) mass is 346 g/mol. The predicted octanol–water partition coefficient (Wildman–Crippen LogP) is 3.19. The average Bonchev–Trinajstić information content (AvgIpc) is 2.36. The molecule has 0 rings (SSSR count). The van der Waals surface area contributed by atoms with E-state index in [-0.39, 0.29) is 18.5 Å². The van der Waals surface area contributed by atoms with E-state index >= 15 is 0 Å². The van der Waals surface area contributed by atoms with Gasteiger partial charge in [-0.05, 0) is 60.8 Å². The normalized spacial score (nSPS) is 11.1. The third kappa shape index (κ3) is 22.8. The molecular formula is C18H34O6. The predicted molar refractivity (Wildman–Crippen MR) is 92.5 cm³/mol. The van der Waals surface area contributed by atoms with E-state index in [2.05, 4.69) is 0 Å². The number of aldehydes is 1. The summed E-state index contributed by atoms with van der Waals surface area (Å²) in [5, 5.41) is 8.46. The molecule has 0 aliphatic carbocycles. The highest BCUT2D eigenvalue weighted by Gasteiger charge is 2.16. The molecule has 0 aliphatic heterocycles. The molecule has 0 bridgehead atoms. The maximum atomic E-state index is 11.0. The molecule has 0 saturated heterocycles. The van der Waals surface area contributed by atoms with Gasteiger partial charge in [-0.3, -0.25) is 9.59 Å². The van der Waals surface area contributed by atoms with Crippen molar-refractivity contribution in [2.75, 3.05) is 6.61 Å². The summed E-state index contributed by atoms with van der Waals surface area (Å²) in [7, 11) is 0. The van der Waals surface area contributed by atoms with Gasteiger partial charge in [0.1, 0.15) is 17.5 Å². The Kier molecular flexibility index (Phi) is 13.4. The van der Waals surface area contributed by atoms with Crippen LogP contribution in [-0.4, -0.2) is 41.1 Å². The van der Waals surface area contributed by atoms with Crippen LogP contribution in [0.3, 0.4) is 0 Å². The van der Waals surface area contributed by atoms with Crippen molar-refractivity contribution in [3.63, 3.8) is 0 Å². The fourth-order valence-corrected chi connectivity index (χ4v) is 1.50. The van der Waals surface area contributed by atoms with Gasteiger partial charge in [0.25, 0.3) is 0 Å². The van der Waals surface area contributed by atoms with E-state index in [1.165, 1.54) is 0 Å². The lowest BCUT2D eigenvalue weighted by atomic mass is 10.2. The van der Waals surface area contributed by atoms with E-state index < -0.39 is 11.2 Å². The molecule has 6 nitrogen and oxygen atoms in total. The second-order valence-electron chi connectivity index (χ2n) is 7.41. The molecule has 0 amide bonds. The van der Waals surface area contributed by atoms with Crippen LogP contribution in [0.5, 0.6) is 0 Å². The average molecular weight is 346 g/mol. The number of esters is 2. The van der Waals surface area contributed by atoms with Crippen molar-refractivity contribution >= 4 is 18.2 Å². The summed E-state index contributed by atoms with van der Waals surface area (Å²) in [6.45, 7) is 11.1. The molecule has 0 aromatic carbocycles. The molecular weight excluding hydrogens is 312 g/mol. The molecule has 0 atom stereocenters. The molecule has 1 N–H and O–H groups in total. The number of aliphatic hydroxyl groups is 1. The van der Waals surface area contributed by atoms with Crippen molar-refractivity contribution in [3.05, 3.63) is 0 Å². The summed E-state index contributed by atoms with van der Waals surface area (Å²) in [6, 6.07) is 0. The van der Waals surface area contributed by atoms with Gasteiger partial charge < -0.3 is 19.4 Å². The van der Waals surface area contributed by atoms with Crippen molar-refractivity contribution in [1.82, 2.24) is 0 Å². The van der Waals surface area contributed by atoms with Gasteiger partial charge in [-0.1, -0.05) is 0 Å². The first-order valence-electron chi connectivity index (χ1n) is 8.39. The number of carbonyl (C=O) groups is 3. The standard InChI is InChI=1S/C9H18O3.C9H16O3/c2*1-9(2,3)12-8(11)6-4-5-7-10/h10H,4-7H2,1-3H3;7H,4-6H2,1-3H3. The zero-order valence-corrected chi connectivity index (χ0v) is 16.0. The van der Waals surface area contributed by atoms with Gasteiger partial charge in [-0.15, -0.1) is 0 Å². The van der Waals surface area contributed by atoms with Gasteiger partial charge in [0.2, 0.25) is 0 Å². The molecule has 24 heavy (non-hydrogen) atoms. The Hall–Kier alpha value is -1.43. The van der Waals surface area contributed by atoms with Crippen molar-refractivity contribution in [2.45, 2.75) is 91.3 Å². The number of hydrogen-bond donors (Lipinski definition) is 1. The molecule has 0 saturated carbocycles. The maximum Gasteiger partial charge on any atom is 0.306 e. The molecule has 0 spiro atoms. The van der Waals surface area contributed by atoms with Crippen LogP contribution >= 0.6 is 0 Å². The van der Waals surface area contributed by atoms with Crippen molar-refractivity contribution in [2.24, 2.45) is 0 Å². The Morgan fingerprint density at radius 2 is 1.25 bits per heavy atom. The largest absolute Gasteiger partial charge is 0.460 e. The van der Waals surface area contributed by atoms with Crippen LogP contribution in [0.4, 0.5) is 0 Å². The molecule has 0 heterocycles. The molecule has 0 radical (unpaired) electrons. The van der Waals surface area contributed by atoms with Crippen LogP contribution in [-0.2, 0) is 23.9 Å². The van der Waals surface area contributed by atoms with Gasteiger partial charge in [-0.2, -0.15) is 0 Å². The highest BCUT2D eigenvalue weighted by Crippen LogP contribution is 2.10. The first-order chi connectivity index (χ1) is 10.9. The molecule has 0 aromatic rings. The number of ether oxygens (including phenoxy) is 2. The van der Waals surface area contributed by atoms with Gasteiger partial charge in [0.15, 0.2) is 0 Å². The zero-order chi connectivity index (χ0) is 19.2. The quantitative estimate of drug-likeness (QED) is 0.412. The summed E-state index contributed by atoms with van der Waals surface area (Å²) in [5.74, 6) is -0.416. The fraction of sp³-hybridized carbons (Fsp3) is 0.833. The second-order valence-corrected chi connectivity index (χ2v) is 7.41. The molecule has 0 fully saturated rings. The minimum Gasteiger partial charge on any atom is -0.460 e. The molecule has 142 valence electrons. The second kappa shape index (κ2) is 12.9. The lowest BCUT2D eigenvalue weighted by Gasteiger charge is -2.19. The third-order valence-electron chi connectivity index (χ3n) is 2.33. The number of carbonyl (C=O) groups excluding carboxylic acids is 3. The maximum absolute atomic E-state index is 11.0. The van der Waals surface area contributed by atoms with E-state index in [0.29, 0.717) is 38.5 Å². The van der Waals surface area contributed by atoms with Crippen LogP contribution in [0.2, 0.25) is 0 Å². The Labute approximate surface area is 145 Å². The Morgan fingerprint density at radius 1 is 0.833 bits per heavy atom. The topological polar surface area (TPSA) is 89.9 Å². The van der Waals surface area contributed by atoms with Crippen molar-refractivity contribution in [1.29, 1.82) is 0 Å². The van der Waals surface area contributed by atoms with E-state index in [0.717, 1.165) is 6.29 Å². The van der Waals surface area contributed by atoms with E-state index in [9.17, 15) is 14.4 Å². The van der Waals surface area contributed by atoms with Gasteiger partial charge in [-0.25, -0.2) is 0 Å². The van der Waals surface area contributed by atoms with E-state index in [1.807, 2.05) is 41.5 Å². The van der Waals surface area contributed by atoms with E-state index in [1.54, 1.807) is 0 Å². The SMILES string of the molecule is CC(C)(C)OC(=O)CCCC=O.CC(C)(C)OC(=O)CCCCO. The fourth-order valence-electron chi connectivity index (χ4n) is 1.50. The highest BCUT2D eigenvalue weighted by atomic mass is 16.6. The molecule has 6 heteroatoms. The highest BCUT2D eigenvalue weighted by molar-refractivity contribution is 5.70. The first kappa shape index (κ1) is 24.8. The minimum atomic E-state index is -0.418. The summed E-state index contributed by atoms with van der Waals surface area (Å²) >= 11 is 0. The smallest absolute Gasteiger partial charge is 0.306 e. The van der Waals surface area contributed by atoms with Crippen LogP contribution in [0.25, 0.3) is 0 Å². The Morgan fingerprint density at radius 3 is 1.58 bits per heavy atom. The number of unbranched alkanes of at least 4 members (excludes halogenated alkanes) is 2. The number of aliphatic hydroxyl groups excluding tert-OH is 1. The molecule has 0 aliphatic rings. The van der Waals surface area contributed by atoms with Crippen LogP contribution in [0.15, 0.2) is 0 Å². The van der Waals surface area contributed by atoms with Gasteiger partial charge in [0, 0.05) is 25.9 Å². The summed E-state index contributed by atoms with van der Waals surface area (Å²) in [6.07, 6.45) is 3.92. The van der Waals surface area contributed by atoms with E-state index in [4.69, 9.17) is 14.6 Å². The van der Waals surface area contributed by atoms with Crippen LogP contribution in [0, 0.1) is 0 Å². The summed E-state index contributed by atoms with van der Waals surface area (Å²) < 4.78 is 10.1. The van der Waals surface area contributed by atoms with Gasteiger partial charge in [0.05, 0.1) is 0 Å². The Bertz CT molecular complexity index is 363. The zero-order valence-electron chi connectivity index (χ0n) is 16.0. The minimum absolute atomic E-state index is 0.142.